The van der Waals surface area contributed by atoms with Crippen molar-refractivity contribution in [2.45, 2.75) is 39.8 Å². The average Bonchev–Trinajstić information content (AvgIpc) is 2.15. The Kier molecular flexibility index (Phi) is 4.67. The first-order chi connectivity index (χ1) is 7.87. The van der Waals surface area contributed by atoms with Crippen LogP contribution in [0.1, 0.15) is 33.6 Å². The molecule has 0 spiro atoms. The lowest BCUT2D eigenvalue weighted by Gasteiger charge is -2.20. The van der Waals surface area contributed by atoms with Gasteiger partial charge < -0.3 is 5.32 Å². The summed E-state index contributed by atoms with van der Waals surface area (Å²) in [5.74, 6) is -0.270. The van der Waals surface area contributed by atoms with E-state index in [4.69, 9.17) is 0 Å². The van der Waals surface area contributed by atoms with Gasteiger partial charge in [0.2, 0.25) is 5.91 Å². The van der Waals surface area contributed by atoms with Crippen LogP contribution < -0.4 is 5.32 Å². The molecule has 1 aromatic rings. The zero-order chi connectivity index (χ0) is 12.9. The molecule has 1 atom stereocenters. The Balaban J connectivity index is 2.40. The normalized spacial score (nSPS) is 13.2. The fourth-order valence-corrected chi connectivity index (χ4v) is 1.67. The maximum atomic E-state index is 13.6. The van der Waals surface area contributed by atoms with Crippen LogP contribution in [0.15, 0.2) is 30.3 Å². The Hall–Kier alpha value is -1.38. The highest BCUT2D eigenvalue weighted by Crippen LogP contribution is 2.24. The van der Waals surface area contributed by atoms with Gasteiger partial charge in [-0.3, -0.25) is 4.79 Å². The number of rotatable bonds is 4. The van der Waals surface area contributed by atoms with E-state index in [1.54, 1.807) is 12.1 Å². The minimum Gasteiger partial charge on any atom is -0.326 e. The maximum absolute atomic E-state index is 13.6. The van der Waals surface area contributed by atoms with Crippen LogP contribution in [0.4, 0.5) is 10.1 Å². The molecule has 0 aliphatic rings. The first kappa shape index (κ1) is 13.7. The van der Waals surface area contributed by atoms with Gasteiger partial charge in [-0.15, -0.1) is 0 Å². The van der Waals surface area contributed by atoms with E-state index in [0.717, 1.165) is 0 Å². The van der Waals surface area contributed by atoms with Crippen LogP contribution in [0.5, 0.6) is 0 Å². The summed E-state index contributed by atoms with van der Waals surface area (Å²) in [4.78, 5) is 11.6. The smallest absolute Gasteiger partial charge is 0.227 e. The third-order valence-corrected chi connectivity index (χ3v) is 2.30. The van der Waals surface area contributed by atoms with E-state index in [1.807, 2.05) is 39.0 Å². The summed E-state index contributed by atoms with van der Waals surface area (Å²) < 4.78 is 13.6. The number of amides is 1. The molecule has 1 amide bonds. The largest absolute Gasteiger partial charge is 0.326 e. The number of anilines is 1. The number of hydrogen-bond acceptors (Lipinski definition) is 1. The summed E-state index contributed by atoms with van der Waals surface area (Å²) in [7, 11) is 0. The number of hydrogen-bond donors (Lipinski definition) is 1. The number of carbonyl (C=O) groups is 1. The van der Waals surface area contributed by atoms with Crippen LogP contribution >= 0.6 is 0 Å². The molecule has 17 heavy (non-hydrogen) atoms. The fourth-order valence-electron chi connectivity index (χ4n) is 1.67. The van der Waals surface area contributed by atoms with Gasteiger partial charge in [-0.1, -0.05) is 39.0 Å². The van der Waals surface area contributed by atoms with Gasteiger partial charge in [-0.05, 0) is 24.0 Å². The van der Waals surface area contributed by atoms with E-state index >= 15 is 0 Å². The van der Waals surface area contributed by atoms with Gasteiger partial charge in [0.05, 0.1) is 6.42 Å². The van der Waals surface area contributed by atoms with Crippen molar-refractivity contribution >= 4 is 11.6 Å². The van der Waals surface area contributed by atoms with Gasteiger partial charge >= 0.3 is 0 Å². The second-order valence-corrected chi connectivity index (χ2v) is 5.48. The standard InChI is InChI=1S/C14H20FNO/c1-14(2,3)10-11(15)9-13(17)16-12-7-5-4-6-8-12/h4-8,11H,9-10H2,1-3H3,(H,16,17). The molecule has 1 unspecified atom stereocenters. The van der Waals surface area contributed by atoms with Crippen LogP contribution in [0.25, 0.3) is 0 Å². The topological polar surface area (TPSA) is 29.1 Å². The second kappa shape index (κ2) is 5.80. The molecule has 1 rings (SSSR count). The number of alkyl halides is 1. The first-order valence-corrected chi connectivity index (χ1v) is 5.86. The predicted octanol–water partition coefficient (Wildman–Crippen LogP) is 3.79. The molecule has 0 heterocycles. The van der Waals surface area contributed by atoms with Crippen molar-refractivity contribution in [3.63, 3.8) is 0 Å². The van der Waals surface area contributed by atoms with E-state index in [-0.39, 0.29) is 17.7 Å². The zero-order valence-corrected chi connectivity index (χ0v) is 10.7. The third-order valence-electron chi connectivity index (χ3n) is 2.30. The highest BCUT2D eigenvalue weighted by molar-refractivity contribution is 5.90. The van der Waals surface area contributed by atoms with Gasteiger partial charge in [0.15, 0.2) is 0 Å². The summed E-state index contributed by atoms with van der Waals surface area (Å²) in [6.45, 7) is 5.90. The summed E-state index contributed by atoms with van der Waals surface area (Å²) >= 11 is 0. The van der Waals surface area contributed by atoms with Crippen molar-refractivity contribution in [2.75, 3.05) is 5.32 Å². The molecule has 0 saturated heterocycles. The molecule has 0 aliphatic carbocycles. The second-order valence-electron chi connectivity index (χ2n) is 5.48. The van der Waals surface area contributed by atoms with E-state index < -0.39 is 6.17 Å². The van der Waals surface area contributed by atoms with E-state index in [2.05, 4.69) is 5.32 Å². The Morgan fingerprint density at radius 2 is 1.88 bits per heavy atom. The molecular formula is C14H20FNO. The van der Waals surface area contributed by atoms with Crippen molar-refractivity contribution in [3.05, 3.63) is 30.3 Å². The molecule has 1 aromatic carbocycles. The molecule has 94 valence electrons. The SMILES string of the molecule is CC(C)(C)CC(F)CC(=O)Nc1ccccc1. The summed E-state index contributed by atoms with van der Waals surface area (Å²) in [6.07, 6.45) is -0.764. The summed E-state index contributed by atoms with van der Waals surface area (Å²) in [5, 5.41) is 2.68. The quantitative estimate of drug-likeness (QED) is 0.848. The van der Waals surface area contributed by atoms with Crippen LogP contribution in [0, 0.1) is 5.41 Å². The average molecular weight is 237 g/mol. The summed E-state index contributed by atoms with van der Waals surface area (Å²) in [6, 6.07) is 9.10. The fraction of sp³-hybridized carbons (Fsp3) is 0.500. The zero-order valence-electron chi connectivity index (χ0n) is 10.7. The van der Waals surface area contributed by atoms with Crippen LogP contribution in [0.3, 0.4) is 0 Å². The third kappa shape index (κ3) is 6.05. The Morgan fingerprint density at radius 1 is 1.29 bits per heavy atom. The number of benzene rings is 1. The molecule has 2 nitrogen and oxygen atoms in total. The van der Waals surface area contributed by atoms with Crippen molar-refractivity contribution in [2.24, 2.45) is 5.41 Å². The number of para-hydroxylation sites is 1. The molecule has 0 bridgehead atoms. The lowest BCUT2D eigenvalue weighted by Crippen LogP contribution is -2.21. The molecule has 0 radical (unpaired) electrons. The Labute approximate surface area is 102 Å². The molecule has 0 aliphatic heterocycles. The monoisotopic (exact) mass is 237 g/mol. The number of nitrogens with one attached hydrogen (secondary N) is 1. The van der Waals surface area contributed by atoms with Crippen molar-refractivity contribution in [1.82, 2.24) is 0 Å². The van der Waals surface area contributed by atoms with Gasteiger partial charge in [0.1, 0.15) is 6.17 Å². The number of carbonyl (C=O) groups excluding carboxylic acids is 1. The minimum absolute atomic E-state index is 0.0772. The van der Waals surface area contributed by atoms with E-state index in [1.165, 1.54) is 0 Å². The molecule has 0 aromatic heterocycles. The van der Waals surface area contributed by atoms with Crippen LogP contribution in [-0.4, -0.2) is 12.1 Å². The lowest BCUT2D eigenvalue weighted by molar-refractivity contribution is -0.117. The Morgan fingerprint density at radius 3 is 2.41 bits per heavy atom. The molecule has 0 saturated carbocycles. The van der Waals surface area contributed by atoms with Crippen molar-refractivity contribution < 1.29 is 9.18 Å². The van der Waals surface area contributed by atoms with E-state index in [0.29, 0.717) is 12.1 Å². The molecule has 1 N–H and O–H groups in total. The van der Waals surface area contributed by atoms with Gasteiger partial charge in [0.25, 0.3) is 0 Å². The summed E-state index contributed by atoms with van der Waals surface area (Å²) in [5.41, 5.74) is 0.618. The molecule has 0 fully saturated rings. The van der Waals surface area contributed by atoms with Gasteiger partial charge in [0, 0.05) is 5.69 Å². The number of halogens is 1. The van der Waals surface area contributed by atoms with Crippen molar-refractivity contribution in [1.29, 1.82) is 0 Å². The lowest BCUT2D eigenvalue weighted by atomic mass is 9.89. The molecule has 3 heteroatoms. The highest BCUT2D eigenvalue weighted by Gasteiger charge is 2.20. The Bertz CT molecular complexity index is 356. The van der Waals surface area contributed by atoms with Gasteiger partial charge in [-0.2, -0.15) is 0 Å². The maximum Gasteiger partial charge on any atom is 0.227 e. The van der Waals surface area contributed by atoms with Crippen LogP contribution in [0.2, 0.25) is 0 Å². The minimum atomic E-state index is -1.08. The van der Waals surface area contributed by atoms with Gasteiger partial charge in [-0.25, -0.2) is 4.39 Å². The predicted molar refractivity (Wildman–Crippen MR) is 68.7 cm³/mol. The van der Waals surface area contributed by atoms with Crippen molar-refractivity contribution in [3.8, 4) is 0 Å². The van der Waals surface area contributed by atoms with Crippen LogP contribution in [-0.2, 0) is 4.79 Å². The molecular weight excluding hydrogens is 217 g/mol. The first-order valence-electron chi connectivity index (χ1n) is 5.86. The van der Waals surface area contributed by atoms with E-state index in [9.17, 15) is 9.18 Å². The highest BCUT2D eigenvalue weighted by atomic mass is 19.1.